The number of ether oxygens (including phenoxy) is 1. The van der Waals surface area contributed by atoms with Crippen LogP contribution in [0.25, 0.3) is 0 Å². The lowest BCUT2D eigenvalue weighted by atomic mass is 10.1. The quantitative estimate of drug-likeness (QED) is 0.695. The second-order valence-corrected chi connectivity index (χ2v) is 3.11. The average Bonchev–Trinajstić information content (AvgIpc) is 2.18. The highest BCUT2D eigenvalue weighted by Crippen LogP contribution is 2.20. The molecule has 2 nitrogen and oxygen atoms in total. The summed E-state index contributed by atoms with van der Waals surface area (Å²) < 4.78 is 4.97. The number of nitriles is 1. The van der Waals surface area contributed by atoms with Crippen LogP contribution in [-0.2, 0) is 11.3 Å². The molecule has 0 fully saturated rings. The molecule has 0 aliphatic carbocycles. The predicted molar refractivity (Wildman–Crippen MR) is 51.4 cm³/mol. The molecule has 1 aromatic rings. The van der Waals surface area contributed by atoms with E-state index >= 15 is 0 Å². The highest BCUT2D eigenvalue weighted by molar-refractivity contribution is 6.22. The van der Waals surface area contributed by atoms with Crippen molar-refractivity contribution < 1.29 is 4.74 Å². The van der Waals surface area contributed by atoms with Gasteiger partial charge in [-0.05, 0) is 11.1 Å². The molecular weight excluding hydrogens is 186 g/mol. The Balaban J connectivity index is 2.86. The average molecular weight is 196 g/mol. The van der Waals surface area contributed by atoms with E-state index in [2.05, 4.69) is 0 Å². The van der Waals surface area contributed by atoms with E-state index in [1.54, 1.807) is 7.11 Å². The number of halogens is 1. The van der Waals surface area contributed by atoms with Gasteiger partial charge in [-0.25, -0.2) is 0 Å². The molecule has 0 aliphatic rings. The number of hydrogen-bond acceptors (Lipinski definition) is 2. The third kappa shape index (κ3) is 2.73. The Bertz CT molecular complexity index is 319. The predicted octanol–water partition coefficient (Wildman–Crippen LogP) is 2.64. The van der Waals surface area contributed by atoms with Gasteiger partial charge in [0.25, 0.3) is 0 Å². The molecule has 0 bridgehead atoms. The first-order valence-corrected chi connectivity index (χ1v) is 4.33. The first-order valence-electron chi connectivity index (χ1n) is 3.89. The van der Waals surface area contributed by atoms with Crippen LogP contribution in [0.15, 0.2) is 24.3 Å². The van der Waals surface area contributed by atoms with Crippen molar-refractivity contribution in [2.24, 2.45) is 0 Å². The molecule has 1 unspecified atom stereocenters. The summed E-state index contributed by atoms with van der Waals surface area (Å²) in [7, 11) is 1.63. The van der Waals surface area contributed by atoms with Crippen LogP contribution in [0.3, 0.4) is 0 Å². The molecule has 0 aromatic heterocycles. The Labute approximate surface area is 82.7 Å². The zero-order valence-corrected chi connectivity index (χ0v) is 8.08. The SMILES string of the molecule is COCc1cccc(C(Cl)C#N)c1. The second kappa shape index (κ2) is 4.86. The van der Waals surface area contributed by atoms with Crippen molar-refractivity contribution in [3.05, 3.63) is 35.4 Å². The van der Waals surface area contributed by atoms with Crippen molar-refractivity contribution in [2.75, 3.05) is 7.11 Å². The number of benzene rings is 1. The maximum atomic E-state index is 8.60. The molecular formula is C10H10ClNO. The molecule has 0 spiro atoms. The van der Waals surface area contributed by atoms with E-state index in [1.807, 2.05) is 30.3 Å². The van der Waals surface area contributed by atoms with Crippen molar-refractivity contribution in [3.63, 3.8) is 0 Å². The zero-order chi connectivity index (χ0) is 9.68. The number of hydrogen-bond donors (Lipinski definition) is 0. The van der Waals surface area contributed by atoms with Crippen molar-refractivity contribution in [1.82, 2.24) is 0 Å². The van der Waals surface area contributed by atoms with Crippen molar-refractivity contribution in [2.45, 2.75) is 12.0 Å². The van der Waals surface area contributed by atoms with Crippen LogP contribution in [-0.4, -0.2) is 7.11 Å². The van der Waals surface area contributed by atoms with Gasteiger partial charge in [0.15, 0.2) is 0 Å². The molecule has 68 valence electrons. The molecule has 0 heterocycles. The Morgan fingerprint density at radius 1 is 1.62 bits per heavy atom. The summed E-state index contributed by atoms with van der Waals surface area (Å²) in [5.74, 6) is 0. The maximum Gasteiger partial charge on any atom is 0.145 e. The minimum Gasteiger partial charge on any atom is -0.380 e. The second-order valence-electron chi connectivity index (χ2n) is 2.67. The number of alkyl halides is 1. The first-order chi connectivity index (χ1) is 6.27. The number of methoxy groups -OCH3 is 1. The first kappa shape index (κ1) is 10.0. The number of rotatable bonds is 3. The van der Waals surface area contributed by atoms with E-state index in [4.69, 9.17) is 21.6 Å². The van der Waals surface area contributed by atoms with Gasteiger partial charge in [0.05, 0.1) is 12.7 Å². The summed E-state index contributed by atoms with van der Waals surface area (Å²) in [5, 5.41) is 8.02. The summed E-state index contributed by atoms with van der Waals surface area (Å²) in [6, 6.07) is 9.50. The van der Waals surface area contributed by atoms with Gasteiger partial charge in [0.2, 0.25) is 0 Å². The fourth-order valence-corrected chi connectivity index (χ4v) is 1.22. The molecule has 0 aliphatic heterocycles. The van der Waals surface area contributed by atoms with Crippen molar-refractivity contribution >= 4 is 11.6 Å². The molecule has 0 saturated heterocycles. The smallest absolute Gasteiger partial charge is 0.145 e. The fraction of sp³-hybridized carbons (Fsp3) is 0.300. The third-order valence-electron chi connectivity index (χ3n) is 1.67. The van der Waals surface area contributed by atoms with Crippen LogP contribution >= 0.6 is 11.6 Å². The highest BCUT2D eigenvalue weighted by atomic mass is 35.5. The Kier molecular flexibility index (Phi) is 3.75. The Hall–Kier alpha value is -1.04. The van der Waals surface area contributed by atoms with E-state index in [-0.39, 0.29) is 0 Å². The summed E-state index contributed by atoms with van der Waals surface area (Å²) in [6.45, 7) is 0.545. The van der Waals surface area contributed by atoms with Gasteiger partial charge in [-0.15, -0.1) is 11.6 Å². The fourth-order valence-electron chi connectivity index (χ4n) is 1.08. The molecule has 0 saturated carbocycles. The maximum absolute atomic E-state index is 8.60. The van der Waals surface area contributed by atoms with Gasteiger partial charge in [-0.3, -0.25) is 0 Å². The largest absolute Gasteiger partial charge is 0.380 e. The summed E-state index contributed by atoms with van der Waals surface area (Å²) in [6.07, 6.45) is 0. The van der Waals surface area contributed by atoms with E-state index < -0.39 is 5.38 Å². The standard InChI is InChI=1S/C10H10ClNO/c1-13-7-8-3-2-4-9(5-8)10(11)6-12/h2-5,10H,7H2,1H3. The van der Waals surface area contributed by atoms with E-state index in [0.29, 0.717) is 6.61 Å². The van der Waals surface area contributed by atoms with Crippen molar-refractivity contribution in [3.8, 4) is 6.07 Å². The summed E-state index contributed by atoms with van der Waals surface area (Å²) in [4.78, 5) is 0. The molecule has 13 heavy (non-hydrogen) atoms. The normalized spacial score (nSPS) is 12.1. The topological polar surface area (TPSA) is 33.0 Å². The van der Waals surface area contributed by atoms with Crippen LogP contribution in [0.5, 0.6) is 0 Å². The van der Waals surface area contributed by atoms with Crippen LogP contribution in [0.4, 0.5) is 0 Å². The lowest BCUT2D eigenvalue weighted by Crippen LogP contribution is -1.91. The molecule has 0 amide bonds. The Morgan fingerprint density at radius 2 is 2.38 bits per heavy atom. The lowest BCUT2D eigenvalue weighted by molar-refractivity contribution is 0.185. The minimum atomic E-state index is -0.572. The zero-order valence-electron chi connectivity index (χ0n) is 7.33. The monoisotopic (exact) mass is 195 g/mol. The van der Waals surface area contributed by atoms with Crippen LogP contribution in [0.1, 0.15) is 16.5 Å². The highest BCUT2D eigenvalue weighted by Gasteiger charge is 2.05. The van der Waals surface area contributed by atoms with Gasteiger partial charge >= 0.3 is 0 Å². The summed E-state index contributed by atoms with van der Waals surface area (Å²) in [5.41, 5.74) is 1.85. The van der Waals surface area contributed by atoms with Gasteiger partial charge in [-0.2, -0.15) is 5.26 Å². The van der Waals surface area contributed by atoms with Crippen molar-refractivity contribution in [1.29, 1.82) is 5.26 Å². The third-order valence-corrected chi connectivity index (χ3v) is 2.02. The van der Waals surface area contributed by atoms with Crippen LogP contribution in [0.2, 0.25) is 0 Å². The Morgan fingerprint density at radius 3 is 3.00 bits per heavy atom. The lowest BCUT2D eigenvalue weighted by Gasteiger charge is -2.03. The molecule has 1 atom stereocenters. The molecule has 0 N–H and O–H groups in total. The molecule has 3 heteroatoms. The summed E-state index contributed by atoms with van der Waals surface area (Å²) >= 11 is 5.76. The van der Waals surface area contributed by atoms with E-state index in [0.717, 1.165) is 11.1 Å². The van der Waals surface area contributed by atoms with Gasteiger partial charge < -0.3 is 4.74 Å². The van der Waals surface area contributed by atoms with Gasteiger partial charge in [-0.1, -0.05) is 24.3 Å². The van der Waals surface area contributed by atoms with E-state index in [9.17, 15) is 0 Å². The minimum absolute atomic E-state index is 0.545. The number of nitrogens with zero attached hydrogens (tertiary/aromatic N) is 1. The molecule has 1 aromatic carbocycles. The molecule has 1 rings (SSSR count). The van der Waals surface area contributed by atoms with Gasteiger partial charge in [0.1, 0.15) is 5.38 Å². The van der Waals surface area contributed by atoms with E-state index in [1.165, 1.54) is 0 Å². The van der Waals surface area contributed by atoms with Crippen LogP contribution < -0.4 is 0 Å². The van der Waals surface area contributed by atoms with Gasteiger partial charge in [0, 0.05) is 7.11 Å². The van der Waals surface area contributed by atoms with Crippen LogP contribution in [0, 0.1) is 11.3 Å². The molecule has 0 radical (unpaired) electrons.